The molecule has 0 radical (unpaired) electrons. The zero-order valence-electron chi connectivity index (χ0n) is 15.8. The van der Waals surface area contributed by atoms with Crippen LogP contribution in [0.5, 0.6) is 0 Å². The van der Waals surface area contributed by atoms with Crippen molar-refractivity contribution in [3.8, 4) is 5.69 Å². The summed E-state index contributed by atoms with van der Waals surface area (Å²) in [6.07, 6.45) is -5.29. The van der Waals surface area contributed by atoms with Crippen molar-refractivity contribution in [3.05, 3.63) is 75.5 Å². The average Bonchev–Trinajstić information content (AvgIpc) is 3.11. The molecule has 3 rings (SSSR count). The van der Waals surface area contributed by atoms with E-state index in [2.05, 4.69) is 31.6 Å². The highest BCUT2D eigenvalue weighted by Gasteiger charge is 2.31. The summed E-state index contributed by atoms with van der Waals surface area (Å²) in [5, 5.41) is 20.1. The van der Waals surface area contributed by atoms with Crippen LogP contribution < -0.4 is 5.32 Å². The van der Waals surface area contributed by atoms with E-state index in [9.17, 15) is 23.1 Å². The van der Waals surface area contributed by atoms with Crippen LogP contribution in [0.3, 0.4) is 0 Å². The predicted molar refractivity (Wildman–Crippen MR) is 107 cm³/mol. The van der Waals surface area contributed by atoms with Crippen molar-refractivity contribution in [2.45, 2.75) is 32.0 Å². The Kier molecular flexibility index (Phi) is 6.45. The molecule has 0 spiro atoms. The average molecular weight is 483 g/mol. The Morgan fingerprint density at radius 1 is 1.23 bits per heavy atom. The lowest BCUT2D eigenvalue weighted by molar-refractivity contribution is -0.137. The second-order valence-electron chi connectivity index (χ2n) is 6.57. The quantitative estimate of drug-likeness (QED) is 0.508. The van der Waals surface area contributed by atoms with Crippen molar-refractivity contribution in [3.63, 3.8) is 0 Å². The summed E-state index contributed by atoms with van der Waals surface area (Å²) in [5.74, 6) is 0. The molecule has 3 aromatic rings. The molecule has 30 heavy (non-hydrogen) atoms. The number of alkyl halides is 3. The maximum Gasteiger partial charge on any atom is 0.416 e. The lowest BCUT2D eigenvalue weighted by Gasteiger charge is -2.20. The largest absolute Gasteiger partial charge is 0.465 e. The minimum Gasteiger partial charge on any atom is -0.465 e. The van der Waals surface area contributed by atoms with Gasteiger partial charge in [-0.15, -0.1) is 5.10 Å². The van der Waals surface area contributed by atoms with E-state index in [0.717, 1.165) is 16.6 Å². The third kappa shape index (κ3) is 4.99. The van der Waals surface area contributed by atoms with Crippen molar-refractivity contribution in [1.82, 2.24) is 20.3 Å². The van der Waals surface area contributed by atoms with Gasteiger partial charge in [0, 0.05) is 4.47 Å². The van der Waals surface area contributed by atoms with Crippen LogP contribution in [-0.4, -0.2) is 26.2 Å². The van der Waals surface area contributed by atoms with E-state index < -0.39 is 23.9 Å². The standard InChI is InChI=1S/C20H18BrF3N4O2/c1-2-16-18(28(27-26-16)15-8-6-14(21)7-9-15)17(25-19(29)30)11-12-4-3-5-13(10-12)20(22,23)24/h3-10,17,25H,2,11H2,1H3,(H,29,30)/t17-/m1/s1. The third-order valence-electron chi connectivity index (χ3n) is 4.51. The normalized spacial score (nSPS) is 12.6. The maximum absolute atomic E-state index is 13.1. The maximum atomic E-state index is 13.1. The number of rotatable bonds is 6. The highest BCUT2D eigenvalue weighted by atomic mass is 79.9. The Bertz CT molecular complexity index is 1040. The monoisotopic (exact) mass is 482 g/mol. The van der Waals surface area contributed by atoms with Gasteiger partial charge < -0.3 is 10.4 Å². The number of nitrogens with zero attached hydrogens (tertiary/aromatic N) is 3. The van der Waals surface area contributed by atoms with Crippen LogP contribution in [0.15, 0.2) is 53.0 Å². The summed E-state index contributed by atoms with van der Waals surface area (Å²) in [7, 11) is 0. The Labute approximate surface area is 178 Å². The predicted octanol–water partition coefficient (Wildman–Crippen LogP) is 5.16. The second kappa shape index (κ2) is 8.86. The van der Waals surface area contributed by atoms with E-state index in [0.29, 0.717) is 29.1 Å². The van der Waals surface area contributed by atoms with Gasteiger partial charge in [0.15, 0.2) is 0 Å². The van der Waals surface area contributed by atoms with Crippen LogP contribution in [0, 0.1) is 0 Å². The highest BCUT2D eigenvalue weighted by molar-refractivity contribution is 9.10. The summed E-state index contributed by atoms with van der Waals surface area (Å²) >= 11 is 3.36. The fourth-order valence-electron chi connectivity index (χ4n) is 3.17. The van der Waals surface area contributed by atoms with Gasteiger partial charge in [0.1, 0.15) is 0 Å². The first-order valence-corrected chi connectivity index (χ1v) is 9.84. The molecule has 158 valence electrons. The van der Waals surface area contributed by atoms with Gasteiger partial charge in [0.25, 0.3) is 0 Å². The van der Waals surface area contributed by atoms with Gasteiger partial charge in [-0.3, -0.25) is 0 Å². The molecule has 0 saturated carbocycles. The summed E-state index contributed by atoms with van der Waals surface area (Å²) < 4.78 is 41.6. The molecule has 10 heteroatoms. The molecule has 1 atom stereocenters. The SMILES string of the molecule is CCc1nnn(-c2ccc(Br)cc2)c1[C@@H](Cc1cccc(C(F)(F)F)c1)NC(=O)O. The first-order valence-electron chi connectivity index (χ1n) is 9.05. The van der Waals surface area contributed by atoms with Crippen LogP contribution >= 0.6 is 15.9 Å². The number of aryl methyl sites for hydroxylation is 1. The number of nitrogens with one attached hydrogen (secondary N) is 1. The summed E-state index contributed by atoms with van der Waals surface area (Å²) in [5.41, 5.74) is 1.25. The van der Waals surface area contributed by atoms with Crippen LogP contribution in [0.25, 0.3) is 5.69 Å². The molecule has 2 aromatic carbocycles. The molecule has 0 unspecified atom stereocenters. The summed E-state index contributed by atoms with van der Waals surface area (Å²) in [4.78, 5) is 11.5. The number of aromatic nitrogens is 3. The highest BCUT2D eigenvalue weighted by Crippen LogP contribution is 2.31. The number of carbonyl (C=O) groups is 1. The van der Waals surface area contributed by atoms with Gasteiger partial charge in [-0.25, -0.2) is 9.48 Å². The lowest BCUT2D eigenvalue weighted by Crippen LogP contribution is -2.31. The smallest absolute Gasteiger partial charge is 0.416 e. The number of benzene rings is 2. The fraction of sp³-hybridized carbons (Fsp3) is 0.250. The number of amides is 1. The Morgan fingerprint density at radius 2 is 1.93 bits per heavy atom. The van der Waals surface area contributed by atoms with E-state index in [4.69, 9.17) is 0 Å². The summed E-state index contributed by atoms with van der Waals surface area (Å²) in [6, 6.07) is 11.2. The van der Waals surface area contributed by atoms with Gasteiger partial charge in [-0.05, 0) is 48.7 Å². The van der Waals surface area contributed by atoms with Crippen molar-refractivity contribution in [1.29, 1.82) is 0 Å². The van der Waals surface area contributed by atoms with Gasteiger partial charge in [-0.1, -0.05) is 46.3 Å². The van der Waals surface area contributed by atoms with Crippen molar-refractivity contribution < 1.29 is 23.1 Å². The van der Waals surface area contributed by atoms with Gasteiger partial charge in [-0.2, -0.15) is 13.2 Å². The van der Waals surface area contributed by atoms with Crippen molar-refractivity contribution in [2.24, 2.45) is 0 Å². The molecule has 0 aliphatic carbocycles. The molecular formula is C20H18BrF3N4O2. The van der Waals surface area contributed by atoms with E-state index in [1.807, 2.05) is 6.92 Å². The van der Waals surface area contributed by atoms with Crippen molar-refractivity contribution in [2.75, 3.05) is 0 Å². The van der Waals surface area contributed by atoms with E-state index >= 15 is 0 Å². The Balaban J connectivity index is 2.05. The minimum absolute atomic E-state index is 0.00706. The molecule has 0 bridgehead atoms. The number of hydrogen-bond acceptors (Lipinski definition) is 3. The second-order valence-corrected chi connectivity index (χ2v) is 7.48. The molecule has 0 aliphatic heterocycles. The zero-order valence-corrected chi connectivity index (χ0v) is 17.4. The van der Waals surface area contributed by atoms with Gasteiger partial charge in [0.2, 0.25) is 0 Å². The molecule has 0 fully saturated rings. The topological polar surface area (TPSA) is 80.0 Å². The van der Waals surface area contributed by atoms with Gasteiger partial charge in [0.05, 0.1) is 28.7 Å². The molecule has 6 nitrogen and oxygen atoms in total. The molecule has 0 saturated heterocycles. The Hall–Kier alpha value is -2.88. The number of hydrogen-bond donors (Lipinski definition) is 2. The van der Waals surface area contributed by atoms with Gasteiger partial charge >= 0.3 is 12.3 Å². The fourth-order valence-corrected chi connectivity index (χ4v) is 3.43. The first kappa shape index (κ1) is 21.8. The molecule has 1 aromatic heterocycles. The van der Waals surface area contributed by atoms with Crippen LogP contribution in [-0.2, 0) is 19.0 Å². The zero-order chi connectivity index (χ0) is 21.9. The first-order chi connectivity index (χ1) is 14.2. The molecular weight excluding hydrogens is 465 g/mol. The molecule has 0 aliphatic rings. The summed E-state index contributed by atoms with van der Waals surface area (Å²) in [6.45, 7) is 1.85. The van der Waals surface area contributed by atoms with Crippen LogP contribution in [0.2, 0.25) is 0 Å². The number of halogens is 4. The van der Waals surface area contributed by atoms with Crippen LogP contribution in [0.1, 0.15) is 35.5 Å². The Morgan fingerprint density at radius 3 is 2.53 bits per heavy atom. The lowest BCUT2D eigenvalue weighted by atomic mass is 9.99. The molecule has 2 N–H and O–H groups in total. The third-order valence-corrected chi connectivity index (χ3v) is 5.04. The molecule has 1 heterocycles. The van der Waals surface area contributed by atoms with Crippen molar-refractivity contribution >= 4 is 22.0 Å². The van der Waals surface area contributed by atoms with Crippen LogP contribution in [0.4, 0.5) is 18.0 Å². The molecule has 1 amide bonds. The van der Waals surface area contributed by atoms with E-state index in [-0.39, 0.29) is 6.42 Å². The number of carboxylic acid groups (broad SMARTS) is 1. The minimum atomic E-state index is -4.49. The van der Waals surface area contributed by atoms with E-state index in [1.54, 1.807) is 24.3 Å². The van der Waals surface area contributed by atoms with E-state index in [1.165, 1.54) is 16.8 Å².